The summed E-state index contributed by atoms with van der Waals surface area (Å²) in [6.07, 6.45) is 5.67. The number of hydrogen-bond donors (Lipinski definition) is 0. The second-order valence-corrected chi connectivity index (χ2v) is 7.39. The van der Waals surface area contributed by atoms with Crippen LogP contribution >= 0.6 is 0 Å². The molecule has 0 saturated carbocycles. The average Bonchev–Trinajstić information content (AvgIpc) is 3.27. The molecule has 4 rings (SSSR count). The van der Waals surface area contributed by atoms with Gasteiger partial charge in [0.2, 0.25) is 0 Å². The Hall–Kier alpha value is -3.23. The van der Waals surface area contributed by atoms with Gasteiger partial charge in [0.05, 0.1) is 35.2 Å². The zero-order chi connectivity index (χ0) is 21.1. The summed E-state index contributed by atoms with van der Waals surface area (Å²) in [5, 5.41) is 4.41. The van der Waals surface area contributed by atoms with Crippen molar-refractivity contribution < 1.29 is 18.4 Å². The Morgan fingerprint density at radius 1 is 1.17 bits per heavy atom. The minimum Gasteiger partial charge on any atom is -0.337 e. The number of alkyl halides is 2. The lowest BCUT2D eigenvalue weighted by Gasteiger charge is -2.34. The molecule has 30 heavy (non-hydrogen) atoms. The number of aromatic nitrogens is 4. The Labute approximate surface area is 171 Å². The highest BCUT2D eigenvalue weighted by atomic mass is 19.3. The van der Waals surface area contributed by atoms with E-state index < -0.39 is 18.3 Å². The molecule has 3 heterocycles. The topological polar surface area (TPSA) is 81.0 Å². The minimum absolute atomic E-state index is 0.0137. The van der Waals surface area contributed by atoms with Gasteiger partial charge in [0.1, 0.15) is 6.29 Å². The third-order valence-electron chi connectivity index (χ3n) is 5.36. The summed E-state index contributed by atoms with van der Waals surface area (Å²) in [6.45, 7) is 0.455. The molecule has 1 aromatic carbocycles. The van der Waals surface area contributed by atoms with E-state index in [-0.39, 0.29) is 25.6 Å². The van der Waals surface area contributed by atoms with Crippen molar-refractivity contribution in [2.24, 2.45) is 0 Å². The third-order valence-corrected chi connectivity index (χ3v) is 5.36. The first-order valence-corrected chi connectivity index (χ1v) is 9.85. The van der Waals surface area contributed by atoms with Gasteiger partial charge in [-0.25, -0.2) is 4.98 Å². The molecule has 7 nitrogen and oxygen atoms in total. The molecule has 1 aliphatic rings. The molecule has 2 aromatic heterocycles. The molecule has 0 bridgehead atoms. The lowest BCUT2D eigenvalue weighted by molar-refractivity contribution is -0.160. The summed E-state index contributed by atoms with van der Waals surface area (Å²) in [5.41, 5.74) is 3.15. The molecule has 9 heteroatoms. The monoisotopic (exact) mass is 413 g/mol. The fourth-order valence-electron chi connectivity index (χ4n) is 3.68. The predicted octanol–water partition coefficient (Wildman–Crippen LogP) is 3.27. The van der Waals surface area contributed by atoms with E-state index in [9.17, 15) is 18.4 Å². The molecule has 1 saturated heterocycles. The molecule has 0 N–H and O–H groups in total. The van der Waals surface area contributed by atoms with E-state index in [0.717, 1.165) is 16.6 Å². The van der Waals surface area contributed by atoms with Gasteiger partial charge in [-0.1, -0.05) is 12.1 Å². The van der Waals surface area contributed by atoms with Gasteiger partial charge in [-0.15, -0.1) is 0 Å². The fourth-order valence-corrected chi connectivity index (χ4v) is 3.68. The van der Waals surface area contributed by atoms with Crippen LogP contribution in [-0.2, 0) is 9.59 Å². The van der Waals surface area contributed by atoms with E-state index in [4.69, 9.17) is 0 Å². The van der Waals surface area contributed by atoms with Crippen LogP contribution in [0.1, 0.15) is 31.7 Å². The van der Waals surface area contributed by atoms with Crippen LogP contribution in [0.25, 0.3) is 22.3 Å². The Kier molecular flexibility index (Phi) is 5.52. The number of fused-ring (bicyclic) bond motifs is 1. The number of benzene rings is 1. The van der Waals surface area contributed by atoms with E-state index >= 15 is 0 Å². The molecular formula is C21H21F2N5O2. The molecule has 0 spiro atoms. The molecule has 1 amide bonds. The Morgan fingerprint density at radius 2 is 1.90 bits per heavy atom. The van der Waals surface area contributed by atoms with Crippen LogP contribution in [0.15, 0.2) is 42.9 Å². The zero-order valence-electron chi connectivity index (χ0n) is 16.2. The predicted molar refractivity (Wildman–Crippen MR) is 106 cm³/mol. The van der Waals surface area contributed by atoms with Gasteiger partial charge in [0.15, 0.2) is 0 Å². The van der Waals surface area contributed by atoms with Crippen molar-refractivity contribution in [3.8, 4) is 11.3 Å². The van der Waals surface area contributed by atoms with Gasteiger partial charge in [-0.2, -0.15) is 13.9 Å². The highest BCUT2D eigenvalue weighted by Crippen LogP contribution is 2.29. The van der Waals surface area contributed by atoms with Gasteiger partial charge in [-0.3, -0.25) is 14.5 Å². The van der Waals surface area contributed by atoms with E-state index in [1.807, 2.05) is 30.5 Å². The van der Waals surface area contributed by atoms with Crippen molar-refractivity contribution in [2.45, 2.75) is 37.6 Å². The van der Waals surface area contributed by atoms with Gasteiger partial charge in [0, 0.05) is 37.7 Å². The van der Waals surface area contributed by atoms with Crippen LogP contribution in [0.3, 0.4) is 0 Å². The molecule has 1 fully saturated rings. The molecule has 0 unspecified atom stereocenters. The molecule has 1 aliphatic heterocycles. The van der Waals surface area contributed by atoms with E-state index in [0.29, 0.717) is 24.8 Å². The first-order chi connectivity index (χ1) is 14.5. The SMILES string of the molecule is O=CCCC(F)(F)C(=O)N1CCC(n2cc(-c3cnc4ccccc4n3)cn2)CC1. The number of rotatable bonds is 6. The number of piperidine rings is 1. The van der Waals surface area contributed by atoms with E-state index in [1.54, 1.807) is 17.1 Å². The number of aldehydes is 1. The molecule has 0 aliphatic carbocycles. The van der Waals surface area contributed by atoms with E-state index in [1.165, 1.54) is 4.90 Å². The second-order valence-electron chi connectivity index (χ2n) is 7.39. The maximum atomic E-state index is 13.9. The van der Waals surface area contributed by atoms with Gasteiger partial charge < -0.3 is 9.69 Å². The van der Waals surface area contributed by atoms with Crippen LogP contribution < -0.4 is 0 Å². The summed E-state index contributed by atoms with van der Waals surface area (Å²) in [5.74, 6) is -4.70. The van der Waals surface area contributed by atoms with Crippen LogP contribution in [-0.4, -0.2) is 55.9 Å². The number of likely N-dealkylation sites (tertiary alicyclic amines) is 1. The Bertz CT molecular complexity index is 1060. The molecule has 156 valence electrons. The quantitative estimate of drug-likeness (QED) is 0.580. The van der Waals surface area contributed by atoms with Crippen molar-refractivity contribution in [1.29, 1.82) is 0 Å². The first kappa shape index (κ1) is 20.1. The number of para-hydroxylation sites is 2. The highest BCUT2D eigenvalue weighted by molar-refractivity contribution is 5.83. The van der Waals surface area contributed by atoms with Gasteiger partial charge in [0.25, 0.3) is 5.91 Å². The van der Waals surface area contributed by atoms with Crippen LogP contribution in [0.4, 0.5) is 8.78 Å². The molecule has 0 radical (unpaired) electrons. The summed E-state index contributed by atoms with van der Waals surface area (Å²) in [6, 6.07) is 7.62. The number of nitrogens with zero attached hydrogens (tertiary/aromatic N) is 5. The largest absolute Gasteiger partial charge is 0.337 e. The second kappa shape index (κ2) is 8.25. The summed E-state index contributed by atoms with van der Waals surface area (Å²) < 4.78 is 29.7. The molecule has 0 atom stereocenters. The van der Waals surface area contributed by atoms with Crippen molar-refractivity contribution in [2.75, 3.05) is 13.1 Å². The molecular weight excluding hydrogens is 392 g/mol. The Morgan fingerprint density at radius 3 is 2.63 bits per heavy atom. The number of amides is 1. The van der Waals surface area contributed by atoms with Gasteiger partial charge >= 0.3 is 5.92 Å². The Balaban J connectivity index is 1.41. The smallest absolute Gasteiger partial charge is 0.325 e. The maximum Gasteiger partial charge on any atom is 0.325 e. The van der Waals surface area contributed by atoms with Crippen LogP contribution in [0.5, 0.6) is 0 Å². The fraction of sp³-hybridized carbons (Fsp3) is 0.381. The molecule has 3 aromatic rings. The summed E-state index contributed by atoms with van der Waals surface area (Å²) in [4.78, 5) is 32.6. The normalized spacial score (nSPS) is 15.5. The summed E-state index contributed by atoms with van der Waals surface area (Å²) in [7, 11) is 0. The third kappa shape index (κ3) is 4.05. The number of carbonyl (C=O) groups is 2. The summed E-state index contributed by atoms with van der Waals surface area (Å²) >= 11 is 0. The van der Waals surface area contributed by atoms with Gasteiger partial charge in [-0.05, 0) is 25.0 Å². The number of hydrogen-bond acceptors (Lipinski definition) is 5. The van der Waals surface area contributed by atoms with E-state index in [2.05, 4.69) is 15.1 Å². The van der Waals surface area contributed by atoms with Crippen LogP contribution in [0.2, 0.25) is 0 Å². The maximum absolute atomic E-state index is 13.9. The first-order valence-electron chi connectivity index (χ1n) is 9.85. The lowest BCUT2D eigenvalue weighted by atomic mass is 10.0. The lowest BCUT2D eigenvalue weighted by Crippen LogP contribution is -2.47. The zero-order valence-corrected chi connectivity index (χ0v) is 16.2. The van der Waals surface area contributed by atoms with Crippen molar-refractivity contribution in [1.82, 2.24) is 24.6 Å². The highest BCUT2D eigenvalue weighted by Gasteiger charge is 2.42. The van der Waals surface area contributed by atoms with Crippen molar-refractivity contribution in [3.05, 3.63) is 42.9 Å². The average molecular weight is 413 g/mol. The number of halogens is 2. The standard InChI is InChI=1S/C21H21F2N5O2/c22-21(23,8-3-11-29)20(30)27-9-6-16(7-10-27)28-14-15(12-25-28)19-13-24-17-4-1-2-5-18(17)26-19/h1-2,4-5,11-14,16H,3,6-10H2. The van der Waals surface area contributed by atoms with Crippen molar-refractivity contribution in [3.63, 3.8) is 0 Å². The van der Waals surface area contributed by atoms with Crippen molar-refractivity contribution >= 4 is 23.2 Å². The minimum atomic E-state index is -3.50. The van der Waals surface area contributed by atoms with Crippen LogP contribution in [0, 0.1) is 0 Å². The number of carbonyl (C=O) groups excluding carboxylic acids is 2.